The second kappa shape index (κ2) is 7.62. The smallest absolute Gasteiger partial charge is 0.255 e. The van der Waals surface area contributed by atoms with Gasteiger partial charge in [-0.2, -0.15) is 0 Å². The molecule has 0 spiro atoms. The van der Waals surface area contributed by atoms with Gasteiger partial charge in [-0.3, -0.25) is 4.79 Å². The van der Waals surface area contributed by atoms with Gasteiger partial charge in [0.2, 0.25) is 0 Å². The van der Waals surface area contributed by atoms with E-state index >= 15 is 0 Å². The first-order chi connectivity index (χ1) is 8.69. The van der Waals surface area contributed by atoms with Crippen LogP contribution in [0.15, 0.2) is 18.2 Å². The predicted octanol–water partition coefficient (Wildman–Crippen LogP) is 2.88. The minimum absolute atomic E-state index is 0.185. The Kier molecular flexibility index (Phi) is 6.10. The maximum absolute atomic E-state index is 11.9. The van der Waals surface area contributed by atoms with E-state index in [2.05, 4.69) is 11.2 Å². The Balaban J connectivity index is 2.56. The van der Waals surface area contributed by atoms with Crippen LogP contribution in [0, 0.1) is 12.3 Å². The number of methoxy groups -OCH3 is 1. The standard InChI is InChI=1S/C14H16ClNO2/c1-3-4-5-6-9-16-14(17)12-10-11(15)7-8-13(12)18-2/h1,7-8,10H,4-6,9H2,2H3,(H,16,17). The summed E-state index contributed by atoms with van der Waals surface area (Å²) in [4.78, 5) is 11.9. The fraction of sp³-hybridized carbons (Fsp3) is 0.357. The lowest BCUT2D eigenvalue weighted by Gasteiger charge is -2.09. The summed E-state index contributed by atoms with van der Waals surface area (Å²) in [6.45, 7) is 0.593. The molecule has 0 heterocycles. The lowest BCUT2D eigenvalue weighted by Crippen LogP contribution is -2.24. The summed E-state index contributed by atoms with van der Waals surface area (Å²) in [5, 5.41) is 3.32. The molecule has 0 radical (unpaired) electrons. The molecule has 0 aromatic heterocycles. The number of carbonyl (C=O) groups excluding carboxylic acids is 1. The first kappa shape index (κ1) is 14.4. The van der Waals surface area contributed by atoms with Crippen molar-refractivity contribution in [2.24, 2.45) is 0 Å². The molecule has 0 saturated carbocycles. The van der Waals surface area contributed by atoms with Crippen molar-refractivity contribution in [1.82, 2.24) is 5.32 Å². The largest absolute Gasteiger partial charge is 0.496 e. The summed E-state index contributed by atoms with van der Waals surface area (Å²) in [6, 6.07) is 4.96. The van der Waals surface area contributed by atoms with Gasteiger partial charge in [-0.05, 0) is 31.0 Å². The Morgan fingerprint density at radius 3 is 2.94 bits per heavy atom. The molecule has 0 aliphatic heterocycles. The van der Waals surface area contributed by atoms with Crippen molar-refractivity contribution < 1.29 is 9.53 Å². The zero-order chi connectivity index (χ0) is 13.4. The van der Waals surface area contributed by atoms with E-state index in [9.17, 15) is 4.79 Å². The fourth-order valence-corrected chi connectivity index (χ4v) is 1.68. The number of rotatable bonds is 6. The van der Waals surface area contributed by atoms with Crippen LogP contribution in [0.25, 0.3) is 0 Å². The molecule has 0 fully saturated rings. The zero-order valence-electron chi connectivity index (χ0n) is 10.3. The molecule has 18 heavy (non-hydrogen) atoms. The molecular weight excluding hydrogens is 250 g/mol. The average molecular weight is 266 g/mol. The number of benzene rings is 1. The van der Waals surface area contributed by atoms with Crippen LogP contribution in [-0.2, 0) is 0 Å². The fourth-order valence-electron chi connectivity index (χ4n) is 1.51. The molecule has 0 atom stereocenters. The van der Waals surface area contributed by atoms with Crippen LogP contribution < -0.4 is 10.1 Å². The van der Waals surface area contributed by atoms with E-state index in [0.717, 1.165) is 19.3 Å². The van der Waals surface area contributed by atoms with Crippen LogP contribution in [0.1, 0.15) is 29.6 Å². The van der Waals surface area contributed by atoms with Gasteiger partial charge in [-0.15, -0.1) is 12.3 Å². The third-order valence-corrected chi connectivity index (χ3v) is 2.67. The number of carbonyl (C=O) groups is 1. The van der Waals surface area contributed by atoms with E-state index in [0.29, 0.717) is 22.9 Å². The molecule has 0 bridgehead atoms. The lowest BCUT2D eigenvalue weighted by molar-refractivity contribution is 0.0950. The topological polar surface area (TPSA) is 38.3 Å². The molecule has 0 unspecified atom stereocenters. The SMILES string of the molecule is C#CCCCCNC(=O)c1cc(Cl)ccc1OC. The highest BCUT2D eigenvalue weighted by molar-refractivity contribution is 6.31. The minimum atomic E-state index is -0.185. The number of ether oxygens (including phenoxy) is 1. The Labute approximate surface area is 112 Å². The molecule has 1 aromatic carbocycles. The summed E-state index contributed by atoms with van der Waals surface area (Å²) in [5.74, 6) is 2.89. The van der Waals surface area contributed by atoms with Crippen molar-refractivity contribution in [3.05, 3.63) is 28.8 Å². The summed E-state index contributed by atoms with van der Waals surface area (Å²) in [5.41, 5.74) is 0.446. The monoisotopic (exact) mass is 265 g/mol. The Hall–Kier alpha value is -1.66. The maximum atomic E-state index is 11.9. The first-order valence-corrected chi connectivity index (χ1v) is 6.12. The first-order valence-electron chi connectivity index (χ1n) is 5.74. The number of unbranched alkanes of at least 4 members (excludes halogenated alkanes) is 2. The van der Waals surface area contributed by atoms with E-state index in [1.54, 1.807) is 18.2 Å². The molecule has 96 valence electrons. The number of hydrogen-bond donors (Lipinski definition) is 1. The van der Waals surface area contributed by atoms with Gasteiger partial charge >= 0.3 is 0 Å². The van der Waals surface area contributed by atoms with Gasteiger partial charge in [-0.25, -0.2) is 0 Å². The number of amides is 1. The molecule has 4 heteroatoms. The predicted molar refractivity (Wildman–Crippen MR) is 73.0 cm³/mol. The Bertz CT molecular complexity index is 452. The molecule has 1 amide bonds. The molecule has 3 nitrogen and oxygen atoms in total. The minimum Gasteiger partial charge on any atom is -0.496 e. The van der Waals surface area contributed by atoms with Crippen LogP contribution >= 0.6 is 11.6 Å². The molecule has 1 aromatic rings. The van der Waals surface area contributed by atoms with E-state index < -0.39 is 0 Å². The zero-order valence-corrected chi connectivity index (χ0v) is 11.1. The van der Waals surface area contributed by atoms with Gasteiger partial charge in [0.05, 0.1) is 12.7 Å². The number of nitrogens with one attached hydrogen (secondary N) is 1. The summed E-state index contributed by atoms with van der Waals surface area (Å²) < 4.78 is 5.12. The van der Waals surface area contributed by atoms with Gasteiger partial charge in [-0.1, -0.05) is 11.6 Å². The molecule has 0 aliphatic rings. The van der Waals surface area contributed by atoms with Crippen LogP contribution in [0.4, 0.5) is 0 Å². The highest BCUT2D eigenvalue weighted by Gasteiger charge is 2.11. The van der Waals surface area contributed by atoms with Crippen molar-refractivity contribution in [3.8, 4) is 18.1 Å². The van der Waals surface area contributed by atoms with Crippen molar-refractivity contribution in [1.29, 1.82) is 0 Å². The number of hydrogen-bond acceptors (Lipinski definition) is 2. The third-order valence-electron chi connectivity index (χ3n) is 2.44. The van der Waals surface area contributed by atoms with E-state index in [4.69, 9.17) is 22.8 Å². The average Bonchev–Trinajstić information content (AvgIpc) is 2.38. The van der Waals surface area contributed by atoms with Crippen molar-refractivity contribution in [3.63, 3.8) is 0 Å². The van der Waals surface area contributed by atoms with E-state index in [-0.39, 0.29) is 5.91 Å². The van der Waals surface area contributed by atoms with Gasteiger partial charge in [0.1, 0.15) is 5.75 Å². The molecule has 0 saturated heterocycles. The van der Waals surface area contributed by atoms with Gasteiger partial charge in [0, 0.05) is 18.0 Å². The van der Waals surface area contributed by atoms with E-state index in [1.807, 2.05) is 0 Å². The lowest BCUT2D eigenvalue weighted by atomic mass is 10.2. The molecule has 1 rings (SSSR count). The summed E-state index contributed by atoms with van der Waals surface area (Å²) in [7, 11) is 1.52. The van der Waals surface area contributed by atoms with E-state index in [1.165, 1.54) is 7.11 Å². The normalized spacial score (nSPS) is 9.61. The van der Waals surface area contributed by atoms with Crippen molar-refractivity contribution in [2.75, 3.05) is 13.7 Å². The Morgan fingerprint density at radius 2 is 2.28 bits per heavy atom. The second-order valence-corrected chi connectivity index (χ2v) is 4.20. The van der Waals surface area contributed by atoms with Crippen molar-refractivity contribution >= 4 is 17.5 Å². The van der Waals surface area contributed by atoms with Crippen LogP contribution in [0.3, 0.4) is 0 Å². The molecule has 1 N–H and O–H groups in total. The number of halogens is 1. The quantitative estimate of drug-likeness (QED) is 0.634. The summed E-state index contributed by atoms with van der Waals surface area (Å²) in [6.07, 6.45) is 7.65. The van der Waals surface area contributed by atoms with Crippen LogP contribution in [-0.4, -0.2) is 19.6 Å². The summed E-state index contributed by atoms with van der Waals surface area (Å²) >= 11 is 5.86. The van der Waals surface area contributed by atoms with Gasteiger partial charge in [0.15, 0.2) is 0 Å². The molecule has 0 aliphatic carbocycles. The molecular formula is C14H16ClNO2. The second-order valence-electron chi connectivity index (χ2n) is 3.76. The van der Waals surface area contributed by atoms with Gasteiger partial charge < -0.3 is 10.1 Å². The third kappa shape index (κ3) is 4.31. The van der Waals surface area contributed by atoms with Crippen LogP contribution in [0.5, 0.6) is 5.75 Å². The Morgan fingerprint density at radius 1 is 1.50 bits per heavy atom. The van der Waals surface area contributed by atoms with Crippen molar-refractivity contribution in [2.45, 2.75) is 19.3 Å². The number of terminal acetylenes is 1. The maximum Gasteiger partial charge on any atom is 0.255 e. The van der Waals surface area contributed by atoms with Crippen LogP contribution in [0.2, 0.25) is 5.02 Å². The van der Waals surface area contributed by atoms with Gasteiger partial charge in [0.25, 0.3) is 5.91 Å². The highest BCUT2D eigenvalue weighted by atomic mass is 35.5. The highest BCUT2D eigenvalue weighted by Crippen LogP contribution is 2.22.